The highest BCUT2D eigenvalue weighted by atomic mass is 16.5. The zero-order chi connectivity index (χ0) is 23.0. The normalized spacial score (nSPS) is 11.8. The van der Waals surface area contributed by atoms with E-state index in [4.69, 9.17) is 4.74 Å². The lowest BCUT2D eigenvalue weighted by molar-refractivity contribution is 0.0696. The Hall–Kier alpha value is -4.06. The molecule has 0 aromatic heterocycles. The van der Waals surface area contributed by atoms with Gasteiger partial charge in [0.05, 0.1) is 5.56 Å². The van der Waals surface area contributed by atoms with E-state index in [9.17, 15) is 14.7 Å². The van der Waals surface area contributed by atoms with Crippen molar-refractivity contribution >= 4 is 29.7 Å². The number of carbonyl (C=O) groups is 2. The second kappa shape index (κ2) is 8.23. The molecule has 1 amide bonds. The van der Waals surface area contributed by atoms with E-state index in [2.05, 4.69) is 11.9 Å². The molecular weight excluding hydrogens is 404 g/mol. The first-order valence-electron chi connectivity index (χ1n) is 10.3. The quantitative estimate of drug-likeness (QED) is 0.511. The first kappa shape index (κ1) is 21.2. The molecule has 162 valence electrons. The summed E-state index contributed by atoms with van der Waals surface area (Å²) < 4.78 is 6.20. The average molecular weight is 428 g/mol. The molecule has 3 aromatic rings. The number of anilines is 1. The molecule has 2 N–H and O–H groups in total. The number of nitrogens with one attached hydrogen (secondary N) is 1. The first-order chi connectivity index (χ1) is 15.3. The molecule has 0 fully saturated rings. The molecule has 0 radical (unpaired) electrons. The number of ether oxygens (including phenoxy) is 1. The van der Waals surface area contributed by atoms with Gasteiger partial charge in [0.2, 0.25) is 0 Å². The molecule has 6 nitrogen and oxygen atoms in total. The Kier molecular flexibility index (Phi) is 5.45. The third-order valence-electron chi connectivity index (χ3n) is 5.41. The van der Waals surface area contributed by atoms with Gasteiger partial charge in [-0.3, -0.25) is 4.79 Å². The van der Waals surface area contributed by atoms with Gasteiger partial charge in [-0.1, -0.05) is 24.8 Å². The third kappa shape index (κ3) is 3.71. The number of fused-ring (bicyclic) bond motifs is 2. The molecule has 1 aliphatic rings. The first-order valence-corrected chi connectivity index (χ1v) is 10.3. The lowest BCUT2D eigenvalue weighted by atomic mass is 9.88. The van der Waals surface area contributed by atoms with E-state index < -0.39 is 5.97 Å². The van der Waals surface area contributed by atoms with E-state index in [0.29, 0.717) is 29.2 Å². The smallest absolute Gasteiger partial charge is 0.336 e. The summed E-state index contributed by atoms with van der Waals surface area (Å²) in [5, 5.41) is 14.3. The van der Waals surface area contributed by atoms with Crippen molar-refractivity contribution in [2.45, 2.75) is 6.92 Å². The van der Waals surface area contributed by atoms with Crippen LogP contribution in [0.15, 0.2) is 54.6 Å². The van der Waals surface area contributed by atoms with Gasteiger partial charge in [-0.2, -0.15) is 0 Å². The molecule has 6 heteroatoms. The summed E-state index contributed by atoms with van der Waals surface area (Å²) >= 11 is 0. The van der Waals surface area contributed by atoms with Gasteiger partial charge in [0, 0.05) is 54.3 Å². The summed E-state index contributed by atoms with van der Waals surface area (Å²) in [7, 11) is 3.89. The largest absolute Gasteiger partial charge is 0.478 e. The minimum absolute atomic E-state index is 0.0536. The molecule has 0 unspecified atom stereocenters. The highest BCUT2D eigenvalue weighted by molar-refractivity contribution is 6.02. The van der Waals surface area contributed by atoms with Crippen molar-refractivity contribution in [2.24, 2.45) is 0 Å². The van der Waals surface area contributed by atoms with Gasteiger partial charge in [-0.05, 0) is 48.0 Å². The predicted molar refractivity (Wildman–Crippen MR) is 125 cm³/mol. The van der Waals surface area contributed by atoms with Crippen molar-refractivity contribution < 1.29 is 19.4 Å². The van der Waals surface area contributed by atoms with Crippen molar-refractivity contribution in [3.63, 3.8) is 0 Å². The van der Waals surface area contributed by atoms with Crippen molar-refractivity contribution in [3.05, 3.63) is 87.3 Å². The van der Waals surface area contributed by atoms with Gasteiger partial charge in [0.1, 0.15) is 11.5 Å². The van der Waals surface area contributed by atoms with Gasteiger partial charge >= 0.3 is 5.97 Å². The maximum absolute atomic E-state index is 12.3. The Balaban J connectivity index is 2.03. The minimum atomic E-state index is -1.10. The Bertz CT molecular complexity index is 1360. The molecule has 0 saturated heterocycles. The average Bonchev–Trinajstić information content (AvgIpc) is 2.76. The van der Waals surface area contributed by atoms with Gasteiger partial charge in [0.25, 0.3) is 5.91 Å². The fourth-order valence-corrected chi connectivity index (χ4v) is 3.83. The standard InChI is InChI=1S/C26H24N2O4/c1-5-27-25(29)16-7-10-18(21(13-16)26(30)31)24-19-9-6-15(2)12-22(19)32-23-14-17(28(3)4)8-11-20(23)24/h6-14H,2,5H2,1,3-4H3,(H,27,29)(H,30,31). The number of hydrogen-bond acceptors (Lipinski definition) is 4. The SMILES string of the molecule is C=c1ccc2c(c1)Oc1cc(N(C)C)ccc1C=2c1ccc(C(=O)NCC)cc1C(=O)O. The lowest BCUT2D eigenvalue weighted by Gasteiger charge is -2.24. The van der Waals surface area contributed by atoms with Crippen molar-refractivity contribution in [1.29, 1.82) is 0 Å². The van der Waals surface area contributed by atoms with Crippen LogP contribution in [0.3, 0.4) is 0 Å². The van der Waals surface area contributed by atoms with Gasteiger partial charge in [0.15, 0.2) is 0 Å². The minimum Gasteiger partial charge on any atom is -0.478 e. The second-order valence-electron chi connectivity index (χ2n) is 7.81. The molecule has 32 heavy (non-hydrogen) atoms. The summed E-state index contributed by atoms with van der Waals surface area (Å²) in [5.41, 5.74) is 3.36. The Morgan fingerprint density at radius 3 is 2.44 bits per heavy atom. The van der Waals surface area contributed by atoms with Crippen molar-refractivity contribution in [2.75, 3.05) is 25.5 Å². The Morgan fingerprint density at radius 2 is 1.75 bits per heavy atom. The van der Waals surface area contributed by atoms with Crippen molar-refractivity contribution in [3.8, 4) is 11.5 Å². The maximum Gasteiger partial charge on any atom is 0.336 e. The highest BCUT2D eigenvalue weighted by Gasteiger charge is 2.25. The van der Waals surface area contributed by atoms with Crippen LogP contribution in [0.5, 0.6) is 11.5 Å². The van der Waals surface area contributed by atoms with Crippen LogP contribution in [0, 0.1) is 0 Å². The van der Waals surface area contributed by atoms with E-state index in [1.54, 1.807) is 12.1 Å². The van der Waals surface area contributed by atoms with E-state index in [1.165, 1.54) is 6.07 Å². The van der Waals surface area contributed by atoms with Crippen LogP contribution in [0.1, 0.15) is 38.8 Å². The molecule has 0 atom stereocenters. The number of amides is 1. The molecule has 3 aromatic carbocycles. The number of carboxylic acids is 1. The topological polar surface area (TPSA) is 78.9 Å². The maximum atomic E-state index is 12.3. The molecule has 1 heterocycles. The fraction of sp³-hybridized carbons (Fsp3) is 0.154. The zero-order valence-corrected chi connectivity index (χ0v) is 18.2. The number of carboxylic acid groups (broad SMARTS) is 1. The molecule has 4 rings (SSSR count). The molecule has 0 aliphatic carbocycles. The van der Waals surface area contributed by atoms with Crippen LogP contribution in [-0.2, 0) is 0 Å². The Morgan fingerprint density at radius 1 is 1.00 bits per heavy atom. The predicted octanol–water partition coefficient (Wildman–Crippen LogP) is 2.96. The van der Waals surface area contributed by atoms with Crippen LogP contribution in [0.25, 0.3) is 12.2 Å². The Labute approximate surface area is 186 Å². The van der Waals surface area contributed by atoms with Crippen LogP contribution < -0.4 is 25.4 Å². The number of nitrogens with zero attached hydrogens (tertiary/aromatic N) is 1. The van der Waals surface area contributed by atoms with Crippen LogP contribution in [-0.4, -0.2) is 37.6 Å². The zero-order valence-electron chi connectivity index (χ0n) is 18.2. The molecule has 0 bridgehead atoms. The van der Waals surface area contributed by atoms with Crippen LogP contribution in [0.4, 0.5) is 5.69 Å². The van der Waals surface area contributed by atoms with Gasteiger partial charge in [-0.25, -0.2) is 4.79 Å². The molecule has 1 aliphatic heterocycles. The summed E-state index contributed by atoms with van der Waals surface area (Å²) in [6.07, 6.45) is 0. The lowest BCUT2D eigenvalue weighted by Crippen LogP contribution is -2.24. The number of carbonyl (C=O) groups excluding carboxylic acids is 1. The van der Waals surface area contributed by atoms with Gasteiger partial charge < -0.3 is 20.1 Å². The van der Waals surface area contributed by atoms with Crippen molar-refractivity contribution in [1.82, 2.24) is 5.32 Å². The van der Waals surface area contributed by atoms with Gasteiger partial charge in [-0.15, -0.1) is 0 Å². The summed E-state index contributed by atoms with van der Waals surface area (Å²) in [5.74, 6) is -0.169. The molecular formula is C26H24N2O4. The number of hydrogen-bond donors (Lipinski definition) is 2. The molecule has 0 saturated carbocycles. The highest BCUT2D eigenvalue weighted by Crippen LogP contribution is 2.39. The monoisotopic (exact) mass is 428 g/mol. The third-order valence-corrected chi connectivity index (χ3v) is 5.41. The van der Waals surface area contributed by atoms with E-state index in [1.807, 2.05) is 62.3 Å². The molecule has 0 spiro atoms. The van der Waals surface area contributed by atoms with E-state index in [0.717, 1.165) is 27.3 Å². The summed E-state index contributed by atoms with van der Waals surface area (Å²) in [4.78, 5) is 26.5. The van der Waals surface area contributed by atoms with Crippen LogP contribution in [0.2, 0.25) is 0 Å². The van der Waals surface area contributed by atoms with E-state index >= 15 is 0 Å². The second-order valence-corrected chi connectivity index (χ2v) is 7.81. The summed E-state index contributed by atoms with van der Waals surface area (Å²) in [6.45, 7) is 6.26. The fourth-order valence-electron chi connectivity index (χ4n) is 3.83. The summed E-state index contributed by atoms with van der Waals surface area (Å²) in [6, 6.07) is 16.2. The number of rotatable bonds is 5. The van der Waals surface area contributed by atoms with E-state index in [-0.39, 0.29) is 11.5 Å². The number of benzene rings is 3. The number of aromatic carboxylic acids is 1. The van der Waals surface area contributed by atoms with Crippen LogP contribution >= 0.6 is 0 Å².